The molecule has 0 radical (unpaired) electrons. The van der Waals surface area contributed by atoms with E-state index in [2.05, 4.69) is 41.7 Å². The third-order valence-corrected chi connectivity index (χ3v) is 5.11. The first-order valence-corrected chi connectivity index (χ1v) is 9.61. The van der Waals surface area contributed by atoms with Crippen LogP contribution in [0.1, 0.15) is 30.5 Å². The van der Waals surface area contributed by atoms with Crippen LogP contribution in [0.15, 0.2) is 91.0 Å². The zero-order valence-corrected chi connectivity index (χ0v) is 16.6. The molecule has 3 rings (SSSR count). The second kappa shape index (κ2) is 8.85. The number of ether oxygens (including phenoxy) is 1. The van der Waals surface area contributed by atoms with E-state index in [1.54, 1.807) is 0 Å². The lowest BCUT2D eigenvalue weighted by atomic mass is 9.76. The summed E-state index contributed by atoms with van der Waals surface area (Å²) in [5.74, 6) is -0.204. The van der Waals surface area contributed by atoms with Gasteiger partial charge in [0.25, 0.3) is 0 Å². The lowest BCUT2D eigenvalue weighted by Crippen LogP contribution is -2.54. The highest BCUT2D eigenvalue weighted by atomic mass is 16.5. The van der Waals surface area contributed by atoms with Gasteiger partial charge in [-0.25, -0.2) is 0 Å². The number of carbonyl (C=O) groups excluding carboxylic acids is 1. The van der Waals surface area contributed by atoms with Crippen LogP contribution in [0.3, 0.4) is 0 Å². The zero-order valence-electron chi connectivity index (χ0n) is 16.6. The Hall–Kier alpha value is -2.91. The van der Waals surface area contributed by atoms with Crippen molar-refractivity contribution in [3.05, 3.63) is 108 Å². The molecule has 0 heterocycles. The topological polar surface area (TPSA) is 38.3 Å². The number of rotatable bonds is 7. The van der Waals surface area contributed by atoms with Crippen LogP contribution < -0.4 is 5.32 Å². The summed E-state index contributed by atoms with van der Waals surface area (Å²) in [5, 5.41) is 3.69. The van der Waals surface area contributed by atoms with Crippen molar-refractivity contribution in [2.24, 2.45) is 5.92 Å². The van der Waals surface area contributed by atoms with E-state index < -0.39 is 11.6 Å². The van der Waals surface area contributed by atoms with Crippen LogP contribution in [-0.4, -0.2) is 19.1 Å². The van der Waals surface area contributed by atoms with E-state index in [1.807, 2.05) is 68.4 Å². The molecule has 1 unspecified atom stereocenters. The predicted octanol–water partition coefficient (Wildman–Crippen LogP) is 4.77. The van der Waals surface area contributed by atoms with Gasteiger partial charge in [-0.2, -0.15) is 0 Å². The van der Waals surface area contributed by atoms with Crippen LogP contribution in [0, 0.1) is 5.92 Å². The highest BCUT2D eigenvalue weighted by molar-refractivity contribution is 5.76. The normalized spacial score (nSPS) is 12.6. The van der Waals surface area contributed by atoms with Crippen LogP contribution in [0.4, 0.5) is 0 Å². The molecule has 0 bridgehead atoms. The summed E-state index contributed by atoms with van der Waals surface area (Å²) >= 11 is 0. The van der Waals surface area contributed by atoms with E-state index in [4.69, 9.17) is 4.74 Å². The maximum Gasteiger partial charge on any atom is 0.323 e. The summed E-state index contributed by atoms with van der Waals surface area (Å²) in [6, 6.07) is 30.3. The third kappa shape index (κ3) is 3.85. The highest BCUT2D eigenvalue weighted by Crippen LogP contribution is 2.37. The average Bonchev–Trinajstić information content (AvgIpc) is 2.76. The van der Waals surface area contributed by atoms with E-state index in [0.29, 0.717) is 0 Å². The Morgan fingerprint density at radius 3 is 1.39 bits per heavy atom. The molecule has 144 valence electrons. The van der Waals surface area contributed by atoms with E-state index in [1.165, 1.54) is 7.11 Å². The standard InChI is InChI=1S/C25H27NO2/c1-19(2)23(24(27)28-3)26-25(20-13-7-4-8-14-20,21-15-9-5-10-16-21)22-17-11-6-12-18-22/h4-19,23,26H,1-3H3. The van der Waals surface area contributed by atoms with Gasteiger partial charge in [-0.3, -0.25) is 10.1 Å². The van der Waals surface area contributed by atoms with E-state index in [-0.39, 0.29) is 11.9 Å². The Morgan fingerprint density at radius 1 is 0.750 bits per heavy atom. The predicted molar refractivity (Wildman–Crippen MR) is 113 cm³/mol. The molecule has 0 saturated carbocycles. The summed E-state index contributed by atoms with van der Waals surface area (Å²) in [6.45, 7) is 4.06. The molecule has 0 aliphatic rings. The number of hydrogen-bond acceptors (Lipinski definition) is 3. The van der Waals surface area contributed by atoms with Crippen molar-refractivity contribution in [3.63, 3.8) is 0 Å². The Bertz CT molecular complexity index is 780. The quantitative estimate of drug-likeness (QED) is 0.479. The van der Waals surface area contributed by atoms with Gasteiger partial charge in [-0.15, -0.1) is 0 Å². The lowest BCUT2D eigenvalue weighted by Gasteiger charge is -2.40. The van der Waals surface area contributed by atoms with Crippen molar-refractivity contribution in [1.82, 2.24) is 5.32 Å². The molecule has 0 spiro atoms. The molecular formula is C25H27NO2. The maximum absolute atomic E-state index is 12.6. The minimum absolute atomic E-state index is 0.0583. The van der Waals surface area contributed by atoms with Crippen LogP contribution in [0.25, 0.3) is 0 Å². The SMILES string of the molecule is COC(=O)C(NC(c1ccccc1)(c1ccccc1)c1ccccc1)C(C)C. The summed E-state index contributed by atoms with van der Waals surface area (Å²) in [7, 11) is 1.44. The number of methoxy groups -OCH3 is 1. The molecule has 3 aromatic carbocycles. The van der Waals surface area contributed by atoms with Crippen molar-refractivity contribution in [2.75, 3.05) is 7.11 Å². The van der Waals surface area contributed by atoms with Gasteiger partial charge in [0.15, 0.2) is 0 Å². The van der Waals surface area contributed by atoms with Gasteiger partial charge < -0.3 is 4.74 Å². The smallest absolute Gasteiger partial charge is 0.323 e. The van der Waals surface area contributed by atoms with Crippen molar-refractivity contribution >= 4 is 5.97 Å². The molecule has 0 aliphatic heterocycles. The Kier molecular flexibility index (Phi) is 6.27. The summed E-state index contributed by atoms with van der Waals surface area (Å²) in [4.78, 5) is 12.6. The largest absolute Gasteiger partial charge is 0.468 e. The van der Waals surface area contributed by atoms with Crippen LogP contribution >= 0.6 is 0 Å². The molecule has 1 atom stereocenters. The van der Waals surface area contributed by atoms with Crippen molar-refractivity contribution in [3.8, 4) is 0 Å². The van der Waals surface area contributed by atoms with Crippen LogP contribution in [-0.2, 0) is 15.1 Å². The van der Waals surface area contributed by atoms with E-state index in [9.17, 15) is 4.79 Å². The second-order valence-corrected chi connectivity index (χ2v) is 7.24. The van der Waals surface area contributed by atoms with Crippen molar-refractivity contribution in [1.29, 1.82) is 0 Å². The fourth-order valence-corrected chi connectivity index (χ4v) is 3.67. The van der Waals surface area contributed by atoms with Gasteiger partial charge in [0.1, 0.15) is 6.04 Å². The fourth-order valence-electron chi connectivity index (χ4n) is 3.67. The number of benzene rings is 3. The maximum atomic E-state index is 12.6. The molecule has 28 heavy (non-hydrogen) atoms. The number of esters is 1. The number of carbonyl (C=O) groups is 1. The Morgan fingerprint density at radius 2 is 1.11 bits per heavy atom. The first-order valence-electron chi connectivity index (χ1n) is 9.61. The zero-order chi connectivity index (χ0) is 20.0. The lowest BCUT2D eigenvalue weighted by molar-refractivity contribution is -0.144. The monoisotopic (exact) mass is 373 g/mol. The molecule has 3 heteroatoms. The molecular weight excluding hydrogens is 346 g/mol. The minimum atomic E-state index is -0.688. The van der Waals surface area contributed by atoms with Gasteiger partial charge in [0, 0.05) is 0 Å². The molecule has 0 amide bonds. The molecule has 0 aliphatic carbocycles. The number of hydrogen-bond donors (Lipinski definition) is 1. The summed E-state index contributed by atoms with van der Waals surface area (Å²) in [6.07, 6.45) is 0. The first-order chi connectivity index (χ1) is 13.6. The van der Waals surface area contributed by atoms with Gasteiger partial charge in [-0.1, -0.05) is 105 Å². The first kappa shape index (κ1) is 19.8. The highest BCUT2D eigenvalue weighted by Gasteiger charge is 2.40. The van der Waals surface area contributed by atoms with Crippen molar-refractivity contribution < 1.29 is 9.53 Å². The average molecular weight is 373 g/mol. The van der Waals surface area contributed by atoms with Crippen molar-refractivity contribution in [2.45, 2.75) is 25.4 Å². The second-order valence-electron chi connectivity index (χ2n) is 7.24. The van der Waals surface area contributed by atoms with Gasteiger partial charge >= 0.3 is 5.97 Å². The van der Waals surface area contributed by atoms with E-state index in [0.717, 1.165) is 16.7 Å². The summed E-state index contributed by atoms with van der Waals surface area (Å²) < 4.78 is 5.13. The van der Waals surface area contributed by atoms with Crippen LogP contribution in [0.5, 0.6) is 0 Å². The third-order valence-electron chi connectivity index (χ3n) is 5.11. The summed E-state index contributed by atoms with van der Waals surface area (Å²) in [5.41, 5.74) is 2.53. The Labute approximate surface area is 167 Å². The molecule has 0 fully saturated rings. The molecule has 1 N–H and O–H groups in total. The Balaban J connectivity index is 2.29. The van der Waals surface area contributed by atoms with Gasteiger partial charge in [0.2, 0.25) is 0 Å². The minimum Gasteiger partial charge on any atom is -0.468 e. The fraction of sp³-hybridized carbons (Fsp3) is 0.240. The van der Waals surface area contributed by atoms with Gasteiger partial charge in [0.05, 0.1) is 12.6 Å². The molecule has 3 nitrogen and oxygen atoms in total. The molecule has 0 aromatic heterocycles. The van der Waals surface area contributed by atoms with Crippen LogP contribution in [0.2, 0.25) is 0 Å². The van der Waals surface area contributed by atoms with Gasteiger partial charge in [-0.05, 0) is 22.6 Å². The number of nitrogens with one attached hydrogen (secondary N) is 1. The molecule has 3 aromatic rings. The molecule has 0 saturated heterocycles. The van der Waals surface area contributed by atoms with E-state index >= 15 is 0 Å².